The lowest BCUT2D eigenvalue weighted by Gasteiger charge is -2.36. The van der Waals surface area contributed by atoms with Crippen molar-refractivity contribution in [1.82, 2.24) is 14.0 Å². The topological polar surface area (TPSA) is 73.3 Å². The summed E-state index contributed by atoms with van der Waals surface area (Å²) < 4.78 is 36.6. The lowest BCUT2D eigenvalue weighted by Crippen LogP contribution is -2.35. The van der Waals surface area contributed by atoms with Gasteiger partial charge in [-0.3, -0.25) is 8.74 Å². The van der Waals surface area contributed by atoms with Crippen LogP contribution in [0.1, 0.15) is 0 Å². The van der Waals surface area contributed by atoms with E-state index in [4.69, 9.17) is 4.55 Å². The summed E-state index contributed by atoms with van der Waals surface area (Å²) in [6.45, 7) is 2.30. The molecule has 106 valence electrons. The molecule has 0 heterocycles. The number of rotatable bonds is 4. The first kappa shape index (κ1) is 19.5. The number of hydrogen-bond acceptors (Lipinski definition) is 6. The molecule has 9 heteroatoms. The van der Waals surface area contributed by atoms with Gasteiger partial charge in [0.1, 0.15) is 0 Å². The van der Waals surface area contributed by atoms with Crippen LogP contribution in [0.2, 0.25) is 0 Å². The minimum absolute atomic E-state index is 0.870. The molecule has 0 aliphatic heterocycles. The van der Waals surface area contributed by atoms with Gasteiger partial charge in [0.15, 0.2) is 0 Å². The molecule has 0 atom stereocenters. The van der Waals surface area contributed by atoms with Crippen LogP contribution in [-0.2, 0) is 14.6 Å². The molecular weight excluding hydrogens is 265 g/mol. The first-order valence-electron chi connectivity index (χ1n) is 4.82. The van der Waals surface area contributed by atoms with Crippen molar-refractivity contribution in [3.63, 3.8) is 0 Å². The van der Waals surface area contributed by atoms with Crippen LogP contribution in [0.3, 0.4) is 0 Å². The van der Waals surface area contributed by atoms with Crippen molar-refractivity contribution in [1.29, 1.82) is 0 Å². The van der Waals surface area contributed by atoms with Crippen LogP contribution in [0.25, 0.3) is 0 Å². The van der Waals surface area contributed by atoms with Gasteiger partial charge in [-0.05, 0) is 0 Å². The van der Waals surface area contributed by atoms with E-state index in [1.165, 1.54) is 0 Å². The first-order chi connectivity index (χ1) is 7.39. The first-order valence-corrected chi connectivity index (χ1v) is 8.28. The summed E-state index contributed by atoms with van der Waals surface area (Å²) in [6, 6.07) is 0. The van der Waals surface area contributed by atoms with Gasteiger partial charge in [0.2, 0.25) is 7.71 Å². The third kappa shape index (κ3) is 7.25. The normalized spacial score (nSPS) is 12.9. The molecule has 1 N–H and O–H groups in total. The van der Waals surface area contributed by atoms with Crippen LogP contribution in [0, 0.1) is 0 Å². The summed E-state index contributed by atoms with van der Waals surface area (Å²) in [6.07, 6.45) is 0. The van der Waals surface area contributed by atoms with E-state index in [-0.39, 0.29) is 0 Å². The van der Waals surface area contributed by atoms with Gasteiger partial charge in [0.05, 0.1) is 13.8 Å². The Kier molecular flexibility index (Phi) is 8.70. The van der Waals surface area contributed by atoms with E-state index >= 15 is 0 Å². The summed E-state index contributed by atoms with van der Waals surface area (Å²) in [5.74, 6) is 0. The van der Waals surface area contributed by atoms with E-state index < -0.39 is 18.1 Å². The van der Waals surface area contributed by atoms with Gasteiger partial charge in [-0.1, -0.05) is 0 Å². The predicted molar refractivity (Wildman–Crippen MR) is 72.5 cm³/mol. The van der Waals surface area contributed by atoms with Crippen molar-refractivity contribution in [3.05, 3.63) is 0 Å². The highest BCUT2D eigenvalue weighted by atomic mass is 32.3. The molecule has 0 aliphatic rings. The van der Waals surface area contributed by atoms with Crippen molar-refractivity contribution in [2.75, 3.05) is 56.1 Å². The zero-order valence-electron chi connectivity index (χ0n) is 11.9. The van der Waals surface area contributed by atoms with Gasteiger partial charge >= 0.3 is 10.4 Å². The van der Waals surface area contributed by atoms with Gasteiger partial charge in [0, 0.05) is 42.3 Å². The van der Waals surface area contributed by atoms with Crippen LogP contribution >= 0.6 is 7.71 Å². The molecule has 0 bridgehead atoms. The second-order valence-corrected chi connectivity index (χ2v) is 9.33. The lowest BCUT2D eigenvalue weighted by atomic mass is 11.2. The summed E-state index contributed by atoms with van der Waals surface area (Å²) >= 11 is 0. The molecule has 0 aromatic rings. The molecule has 0 saturated carbocycles. The van der Waals surface area contributed by atoms with Gasteiger partial charge in [-0.25, -0.2) is 0 Å². The van der Waals surface area contributed by atoms with Crippen LogP contribution in [0.5, 0.6) is 0 Å². The molecule has 17 heavy (non-hydrogen) atoms. The molecule has 0 spiro atoms. The van der Waals surface area contributed by atoms with E-state index in [9.17, 15) is 8.42 Å². The Bertz CT molecular complexity index is 284. The van der Waals surface area contributed by atoms with E-state index in [0.29, 0.717) is 0 Å². The molecule has 0 aromatic carbocycles. The highest BCUT2D eigenvalue weighted by Crippen LogP contribution is 2.59. The zero-order valence-corrected chi connectivity index (χ0v) is 13.6. The van der Waals surface area contributed by atoms with E-state index in [0.717, 1.165) is 7.11 Å². The molecular formula is C8H25N3O4PS+. The highest BCUT2D eigenvalue weighted by Gasteiger charge is 2.41. The molecule has 0 rings (SSSR count). The number of hydrogen-bond donors (Lipinski definition) is 1. The molecule has 0 radical (unpaired) electrons. The van der Waals surface area contributed by atoms with Crippen LogP contribution < -0.4 is 0 Å². The monoisotopic (exact) mass is 290 g/mol. The van der Waals surface area contributed by atoms with Crippen molar-refractivity contribution in [3.8, 4) is 0 Å². The minimum Gasteiger partial charge on any atom is -0.264 e. The third-order valence-electron chi connectivity index (χ3n) is 2.48. The molecule has 0 saturated heterocycles. The highest BCUT2D eigenvalue weighted by molar-refractivity contribution is 7.80. The van der Waals surface area contributed by atoms with Gasteiger partial charge in [-0.2, -0.15) is 22.4 Å². The summed E-state index contributed by atoms with van der Waals surface area (Å²) in [4.78, 5) is 0. The van der Waals surface area contributed by atoms with E-state index in [2.05, 4.69) is 67.1 Å². The maximum Gasteiger partial charge on any atom is 0.397 e. The lowest BCUT2D eigenvalue weighted by molar-refractivity contribution is 0.324. The fourth-order valence-electron chi connectivity index (χ4n) is 1.07. The zero-order chi connectivity index (χ0) is 14.4. The average Bonchev–Trinajstić information content (AvgIpc) is 2.15. The average molecular weight is 290 g/mol. The smallest absolute Gasteiger partial charge is 0.264 e. The van der Waals surface area contributed by atoms with Crippen LogP contribution in [0.15, 0.2) is 0 Å². The van der Waals surface area contributed by atoms with Crippen molar-refractivity contribution >= 4 is 18.1 Å². The van der Waals surface area contributed by atoms with Gasteiger partial charge in [-0.15, -0.1) is 0 Å². The molecule has 0 fully saturated rings. The Balaban J connectivity index is 0. The van der Waals surface area contributed by atoms with Crippen molar-refractivity contribution < 1.29 is 17.2 Å². The fourth-order valence-corrected chi connectivity index (χ4v) is 3.22. The Morgan fingerprint density at radius 1 is 0.941 bits per heavy atom. The Morgan fingerprint density at radius 2 is 1.12 bits per heavy atom. The summed E-state index contributed by atoms with van der Waals surface area (Å²) in [5, 5.41) is 0. The Morgan fingerprint density at radius 3 is 1.12 bits per heavy atom. The molecule has 0 aliphatic carbocycles. The van der Waals surface area contributed by atoms with Gasteiger partial charge in [0.25, 0.3) is 0 Å². The third-order valence-corrected chi connectivity index (χ3v) is 7.45. The molecule has 0 unspecified atom stereocenters. The molecule has 0 amide bonds. The van der Waals surface area contributed by atoms with Crippen LogP contribution in [0.4, 0.5) is 0 Å². The quantitative estimate of drug-likeness (QED) is 0.597. The Hall–Kier alpha value is 0.180. The maximum absolute atomic E-state index is 9.33. The molecule has 0 aromatic heterocycles. The predicted octanol–water partition coefficient (Wildman–Crippen LogP) is 0.499. The van der Waals surface area contributed by atoms with E-state index in [1.807, 2.05) is 0 Å². The maximum atomic E-state index is 9.33. The fraction of sp³-hybridized carbons (Fsp3) is 1.00. The number of nitrogens with zero attached hydrogens (tertiary/aromatic N) is 3. The second kappa shape index (κ2) is 7.58. The molecule has 7 nitrogen and oxygen atoms in total. The minimum atomic E-state index is -4.16. The SMILES string of the molecule is CN(C)[P+](C)(N(C)C)N(C)C.COS(=O)(=O)O. The van der Waals surface area contributed by atoms with E-state index in [1.54, 1.807) is 0 Å². The largest absolute Gasteiger partial charge is 0.397 e. The second-order valence-electron chi connectivity index (χ2n) is 4.00. The standard InChI is InChI=1S/C7H21N3P.CH4O4S/c1-8(2)11(7,9(3)4)10(5)6;1-5-6(2,3)4/h1-7H3;1H3,(H,2,3,4)/q+1;. The summed E-state index contributed by atoms with van der Waals surface area (Å²) in [5.41, 5.74) is 0. The Labute approximate surface area is 106 Å². The summed E-state index contributed by atoms with van der Waals surface area (Å²) in [7, 11) is 8.32. The van der Waals surface area contributed by atoms with Gasteiger partial charge < -0.3 is 0 Å². The van der Waals surface area contributed by atoms with Crippen LogP contribution in [-0.4, -0.2) is 83.0 Å². The van der Waals surface area contributed by atoms with Crippen molar-refractivity contribution in [2.45, 2.75) is 0 Å². The van der Waals surface area contributed by atoms with Crippen molar-refractivity contribution in [2.24, 2.45) is 0 Å².